The van der Waals surface area contributed by atoms with Gasteiger partial charge in [0.15, 0.2) is 0 Å². The summed E-state index contributed by atoms with van der Waals surface area (Å²) >= 11 is 0. The Bertz CT molecular complexity index is 616. The number of carbonyl (C=O) groups is 2. The van der Waals surface area contributed by atoms with Crippen LogP contribution >= 0.6 is 0 Å². The summed E-state index contributed by atoms with van der Waals surface area (Å²) in [6, 6.07) is 6.07. The molecule has 3 N–H and O–H groups in total. The molecular weight excluding hydrogens is 325 g/mol. The molecule has 0 radical (unpaired) electrons. The number of halogens is 1. The van der Waals surface area contributed by atoms with E-state index in [2.05, 4.69) is 16.2 Å². The molecule has 0 saturated carbocycles. The predicted molar refractivity (Wildman–Crippen MR) is 90.9 cm³/mol. The number of carbonyl (C=O) groups excluding carboxylic acids is 2. The van der Waals surface area contributed by atoms with Gasteiger partial charge in [-0.05, 0) is 17.7 Å². The van der Waals surface area contributed by atoms with Gasteiger partial charge in [-0.2, -0.15) is 0 Å². The average molecular weight is 349 g/mol. The quantitative estimate of drug-likeness (QED) is 0.682. The number of rotatable bonds is 4. The third kappa shape index (κ3) is 4.15. The molecule has 8 heteroatoms. The van der Waals surface area contributed by atoms with Crippen LogP contribution in [0.2, 0.25) is 0 Å². The van der Waals surface area contributed by atoms with Gasteiger partial charge in [0.1, 0.15) is 5.82 Å². The first-order valence-corrected chi connectivity index (χ1v) is 8.54. The van der Waals surface area contributed by atoms with Gasteiger partial charge >= 0.3 is 0 Å². The van der Waals surface area contributed by atoms with E-state index < -0.39 is 0 Å². The lowest BCUT2D eigenvalue weighted by molar-refractivity contribution is -0.137. The Morgan fingerprint density at radius 2 is 1.88 bits per heavy atom. The van der Waals surface area contributed by atoms with Crippen LogP contribution in [-0.2, 0) is 9.59 Å². The van der Waals surface area contributed by atoms with Gasteiger partial charge in [0.2, 0.25) is 11.8 Å². The number of benzene rings is 1. The van der Waals surface area contributed by atoms with E-state index >= 15 is 0 Å². The molecule has 2 saturated heterocycles. The second kappa shape index (κ2) is 7.90. The summed E-state index contributed by atoms with van der Waals surface area (Å²) in [5, 5.41) is 2.61. The van der Waals surface area contributed by atoms with Crippen molar-refractivity contribution in [3.63, 3.8) is 0 Å². The molecule has 0 bridgehead atoms. The molecular formula is C17H24FN5O2. The zero-order chi connectivity index (χ0) is 17.8. The van der Waals surface area contributed by atoms with Crippen LogP contribution in [-0.4, -0.2) is 67.9 Å². The maximum atomic E-state index is 13.1. The van der Waals surface area contributed by atoms with E-state index in [1.165, 1.54) is 12.1 Å². The summed E-state index contributed by atoms with van der Waals surface area (Å²) in [5.41, 5.74) is 7.06. The van der Waals surface area contributed by atoms with Crippen molar-refractivity contribution in [2.45, 2.75) is 6.04 Å². The maximum absolute atomic E-state index is 13.1. The molecule has 136 valence electrons. The molecule has 1 aromatic carbocycles. The highest BCUT2D eigenvalue weighted by atomic mass is 19.1. The second-order valence-electron chi connectivity index (χ2n) is 6.44. The lowest BCUT2D eigenvalue weighted by Crippen LogP contribution is -2.52. The Morgan fingerprint density at radius 1 is 1.20 bits per heavy atom. The highest BCUT2D eigenvalue weighted by Gasteiger charge is 2.37. The van der Waals surface area contributed by atoms with E-state index in [1.807, 2.05) is 9.80 Å². The third-order valence-electron chi connectivity index (χ3n) is 4.86. The SMILES string of the molecule is CNC(=O)CN1CCN(C(=O)C2CNNC2c2ccc(F)cc2)CC1. The molecule has 2 atom stereocenters. The molecule has 3 rings (SSSR count). The van der Waals surface area contributed by atoms with Gasteiger partial charge in [0.05, 0.1) is 18.5 Å². The van der Waals surface area contributed by atoms with Crippen LogP contribution in [0.3, 0.4) is 0 Å². The first kappa shape index (κ1) is 17.8. The Hall–Kier alpha value is -2.03. The standard InChI is InChI=1S/C17H24FN5O2/c1-19-15(24)11-22-6-8-23(9-7-22)17(25)14-10-20-21-16(14)12-2-4-13(18)5-3-12/h2-5,14,16,20-21H,6-11H2,1H3,(H,19,24). The van der Waals surface area contributed by atoms with Gasteiger partial charge < -0.3 is 10.2 Å². The summed E-state index contributed by atoms with van der Waals surface area (Å²) in [5.74, 6) is -0.437. The van der Waals surface area contributed by atoms with Crippen LogP contribution in [0.5, 0.6) is 0 Å². The Labute approximate surface area is 146 Å². The van der Waals surface area contributed by atoms with Crippen LogP contribution in [0.25, 0.3) is 0 Å². The van der Waals surface area contributed by atoms with Gasteiger partial charge in [0.25, 0.3) is 0 Å². The van der Waals surface area contributed by atoms with Gasteiger partial charge in [-0.25, -0.2) is 9.82 Å². The predicted octanol–water partition coefficient (Wildman–Crippen LogP) is -0.519. The molecule has 2 fully saturated rings. The molecule has 2 unspecified atom stereocenters. The van der Waals surface area contributed by atoms with Crippen molar-refractivity contribution in [1.29, 1.82) is 0 Å². The van der Waals surface area contributed by atoms with Crippen LogP contribution in [0.15, 0.2) is 24.3 Å². The molecule has 2 aliphatic heterocycles. The van der Waals surface area contributed by atoms with E-state index in [9.17, 15) is 14.0 Å². The minimum atomic E-state index is -0.287. The zero-order valence-corrected chi connectivity index (χ0v) is 14.3. The molecule has 25 heavy (non-hydrogen) atoms. The second-order valence-corrected chi connectivity index (χ2v) is 6.44. The summed E-state index contributed by atoms with van der Waals surface area (Å²) in [4.78, 5) is 28.3. The van der Waals surface area contributed by atoms with E-state index in [0.717, 1.165) is 5.56 Å². The van der Waals surface area contributed by atoms with E-state index in [1.54, 1.807) is 19.2 Å². The number of nitrogens with zero attached hydrogens (tertiary/aromatic N) is 2. The molecule has 2 heterocycles. The summed E-state index contributed by atoms with van der Waals surface area (Å²) in [7, 11) is 1.62. The minimum Gasteiger partial charge on any atom is -0.358 e. The number of hydrogen-bond donors (Lipinski definition) is 3. The van der Waals surface area contributed by atoms with E-state index in [-0.39, 0.29) is 29.6 Å². The van der Waals surface area contributed by atoms with Gasteiger partial charge in [-0.15, -0.1) is 0 Å². The summed E-state index contributed by atoms with van der Waals surface area (Å²) < 4.78 is 13.1. The van der Waals surface area contributed by atoms with Gasteiger partial charge in [0, 0.05) is 39.8 Å². The number of piperazine rings is 1. The number of hydrazine groups is 1. The van der Waals surface area contributed by atoms with Crippen LogP contribution in [0, 0.1) is 11.7 Å². The average Bonchev–Trinajstić information content (AvgIpc) is 3.12. The fourth-order valence-corrected chi connectivity index (χ4v) is 3.36. The van der Waals surface area contributed by atoms with E-state index in [4.69, 9.17) is 0 Å². The first-order valence-electron chi connectivity index (χ1n) is 8.54. The largest absolute Gasteiger partial charge is 0.358 e. The lowest BCUT2D eigenvalue weighted by Gasteiger charge is -2.36. The van der Waals surface area contributed by atoms with Crippen molar-refractivity contribution in [2.75, 3.05) is 46.3 Å². The number of nitrogens with one attached hydrogen (secondary N) is 3. The highest BCUT2D eigenvalue weighted by Crippen LogP contribution is 2.27. The topological polar surface area (TPSA) is 76.7 Å². The zero-order valence-electron chi connectivity index (χ0n) is 14.3. The molecule has 7 nitrogen and oxygen atoms in total. The maximum Gasteiger partial charge on any atom is 0.233 e. The molecule has 2 amide bonds. The number of amides is 2. The summed E-state index contributed by atoms with van der Waals surface area (Å²) in [6.07, 6.45) is 0. The van der Waals surface area contributed by atoms with Crippen molar-refractivity contribution in [3.05, 3.63) is 35.6 Å². The highest BCUT2D eigenvalue weighted by molar-refractivity contribution is 5.81. The van der Waals surface area contributed by atoms with Crippen LogP contribution in [0.1, 0.15) is 11.6 Å². The molecule has 0 spiro atoms. The van der Waals surface area contributed by atoms with Crippen LogP contribution < -0.4 is 16.2 Å². The van der Waals surface area contributed by atoms with Crippen molar-refractivity contribution in [2.24, 2.45) is 5.92 Å². The monoisotopic (exact) mass is 349 g/mol. The molecule has 0 aromatic heterocycles. The Morgan fingerprint density at radius 3 is 2.52 bits per heavy atom. The third-order valence-corrected chi connectivity index (χ3v) is 4.86. The van der Waals surface area contributed by atoms with Gasteiger partial charge in [-0.3, -0.25) is 19.9 Å². The minimum absolute atomic E-state index is 0.0136. The lowest BCUT2D eigenvalue weighted by atomic mass is 9.93. The Balaban J connectivity index is 1.59. The van der Waals surface area contributed by atoms with Crippen molar-refractivity contribution in [1.82, 2.24) is 26.0 Å². The molecule has 1 aromatic rings. The van der Waals surface area contributed by atoms with Gasteiger partial charge in [-0.1, -0.05) is 12.1 Å². The number of hydrogen-bond acceptors (Lipinski definition) is 5. The van der Waals surface area contributed by atoms with Crippen molar-refractivity contribution >= 4 is 11.8 Å². The summed E-state index contributed by atoms with van der Waals surface area (Å²) in [6.45, 7) is 3.51. The van der Waals surface area contributed by atoms with Crippen molar-refractivity contribution < 1.29 is 14.0 Å². The Kier molecular flexibility index (Phi) is 5.62. The fraction of sp³-hybridized carbons (Fsp3) is 0.529. The molecule has 0 aliphatic carbocycles. The van der Waals surface area contributed by atoms with Crippen LogP contribution in [0.4, 0.5) is 4.39 Å². The smallest absolute Gasteiger partial charge is 0.233 e. The fourth-order valence-electron chi connectivity index (χ4n) is 3.36. The first-order chi connectivity index (χ1) is 12.1. The van der Waals surface area contributed by atoms with Crippen molar-refractivity contribution in [3.8, 4) is 0 Å². The normalized spacial score (nSPS) is 24.3. The molecule has 2 aliphatic rings. The number of likely N-dealkylation sites (N-methyl/N-ethyl adjacent to an activating group) is 1. The van der Waals surface area contributed by atoms with E-state index in [0.29, 0.717) is 39.3 Å².